The number of rotatable bonds is 1. The third kappa shape index (κ3) is 2.13. The highest BCUT2D eigenvalue weighted by Gasteiger charge is 2.26. The van der Waals surface area contributed by atoms with E-state index in [4.69, 9.17) is 5.73 Å². The summed E-state index contributed by atoms with van der Waals surface area (Å²) in [6, 6.07) is 11.5. The maximum absolute atomic E-state index is 10.1. The van der Waals surface area contributed by atoms with Crippen molar-refractivity contribution in [1.82, 2.24) is 0 Å². The van der Waals surface area contributed by atoms with Crippen LogP contribution in [-0.4, -0.2) is 5.11 Å². The number of hydrogen-bond donors (Lipinski definition) is 2. The first-order valence-corrected chi connectivity index (χ1v) is 5.87. The van der Waals surface area contributed by atoms with Gasteiger partial charge in [0.2, 0.25) is 0 Å². The van der Waals surface area contributed by atoms with Gasteiger partial charge in [-0.05, 0) is 22.3 Å². The van der Waals surface area contributed by atoms with Crippen LogP contribution in [0.3, 0.4) is 0 Å². The summed E-state index contributed by atoms with van der Waals surface area (Å²) in [7, 11) is 0. The van der Waals surface area contributed by atoms with E-state index in [1.807, 2.05) is 30.3 Å². The van der Waals surface area contributed by atoms with Gasteiger partial charge < -0.3 is 10.8 Å². The van der Waals surface area contributed by atoms with Gasteiger partial charge >= 0.3 is 0 Å². The standard InChI is InChI=1S/C15H19NO/c1-15(2,3)14(16)13-11-7-5-4-6-10(11)8-9-12(13)17/h4-9,14,17H,16H2,1-3H3. The van der Waals surface area contributed by atoms with E-state index in [1.54, 1.807) is 6.07 Å². The van der Waals surface area contributed by atoms with E-state index in [-0.39, 0.29) is 17.2 Å². The van der Waals surface area contributed by atoms with Crippen molar-refractivity contribution in [3.05, 3.63) is 42.0 Å². The van der Waals surface area contributed by atoms with Gasteiger partial charge in [0.25, 0.3) is 0 Å². The van der Waals surface area contributed by atoms with Gasteiger partial charge in [0.05, 0.1) is 0 Å². The van der Waals surface area contributed by atoms with Crippen molar-refractivity contribution in [2.45, 2.75) is 26.8 Å². The Bertz CT molecular complexity index is 540. The largest absolute Gasteiger partial charge is 0.508 e. The summed E-state index contributed by atoms with van der Waals surface area (Å²) in [4.78, 5) is 0. The van der Waals surface area contributed by atoms with Gasteiger partial charge in [0.1, 0.15) is 5.75 Å². The molecule has 0 heterocycles. The predicted octanol–water partition coefficient (Wildman–Crippen LogP) is 3.59. The van der Waals surface area contributed by atoms with Gasteiger partial charge in [0, 0.05) is 11.6 Å². The van der Waals surface area contributed by atoms with Crippen LogP contribution in [0.1, 0.15) is 32.4 Å². The number of benzene rings is 2. The van der Waals surface area contributed by atoms with E-state index in [1.165, 1.54) is 0 Å². The van der Waals surface area contributed by atoms with E-state index < -0.39 is 0 Å². The molecule has 2 nitrogen and oxygen atoms in total. The lowest BCUT2D eigenvalue weighted by atomic mass is 9.81. The third-order valence-corrected chi connectivity index (χ3v) is 3.19. The number of hydrogen-bond acceptors (Lipinski definition) is 2. The van der Waals surface area contributed by atoms with Crippen LogP contribution in [0.4, 0.5) is 0 Å². The molecule has 3 N–H and O–H groups in total. The molecule has 0 aliphatic rings. The smallest absolute Gasteiger partial charge is 0.121 e. The maximum atomic E-state index is 10.1. The molecule has 0 spiro atoms. The summed E-state index contributed by atoms with van der Waals surface area (Å²) in [5.74, 6) is 0.283. The number of nitrogens with two attached hydrogens (primary N) is 1. The second-order valence-corrected chi connectivity index (χ2v) is 5.56. The first-order chi connectivity index (χ1) is 7.91. The Balaban J connectivity index is 2.71. The fraction of sp³-hybridized carbons (Fsp3) is 0.333. The summed E-state index contributed by atoms with van der Waals surface area (Å²) in [5.41, 5.74) is 7.04. The van der Waals surface area contributed by atoms with Crippen LogP contribution in [0.15, 0.2) is 36.4 Å². The first-order valence-electron chi connectivity index (χ1n) is 5.87. The Labute approximate surface area is 102 Å². The van der Waals surface area contributed by atoms with E-state index in [0.717, 1.165) is 16.3 Å². The average Bonchev–Trinajstić information content (AvgIpc) is 2.27. The number of aromatic hydroxyl groups is 1. The number of phenolic OH excluding ortho intramolecular Hbond substituents is 1. The van der Waals surface area contributed by atoms with Crippen LogP contribution in [0.2, 0.25) is 0 Å². The first kappa shape index (κ1) is 11.9. The summed E-state index contributed by atoms with van der Waals surface area (Å²) >= 11 is 0. The van der Waals surface area contributed by atoms with Gasteiger partial charge in [-0.1, -0.05) is 51.1 Å². The zero-order chi connectivity index (χ0) is 12.6. The Morgan fingerprint density at radius 3 is 2.35 bits per heavy atom. The molecule has 0 saturated carbocycles. The average molecular weight is 229 g/mol. The molecule has 0 radical (unpaired) electrons. The predicted molar refractivity (Wildman–Crippen MR) is 72.0 cm³/mol. The molecule has 0 saturated heterocycles. The molecule has 17 heavy (non-hydrogen) atoms. The van der Waals surface area contributed by atoms with E-state index >= 15 is 0 Å². The molecule has 2 aromatic rings. The highest BCUT2D eigenvalue weighted by atomic mass is 16.3. The summed E-state index contributed by atoms with van der Waals surface area (Å²) < 4.78 is 0. The summed E-state index contributed by atoms with van der Waals surface area (Å²) in [6.45, 7) is 6.25. The molecule has 2 heteroatoms. The molecule has 2 aromatic carbocycles. The normalized spacial score (nSPS) is 13.9. The molecule has 2 rings (SSSR count). The van der Waals surface area contributed by atoms with Gasteiger partial charge in [0.15, 0.2) is 0 Å². The van der Waals surface area contributed by atoms with E-state index in [0.29, 0.717) is 0 Å². The van der Waals surface area contributed by atoms with E-state index in [9.17, 15) is 5.11 Å². The van der Waals surface area contributed by atoms with E-state index in [2.05, 4.69) is 20.8 Å². The highest BCUT2D eigenvalue weighted by Crippen LogP contribution is 2.39. The molecule has 1 unspecified atom stereocenters. The molecule has 90 valence electrons. The summed E-state index contributed by atoms with van der Waals surface area (Å²) in [6.07, 6.45) is 0. The molecule has 0 fully saturated rings. The molecule has 0 aliphatic heterocycles. The van der Waals surface area contributed by atoms with Crippen LogP contribution in [0.5, 0.6) is 5.75 Å². The quantitative estimate of drug-likeness (QED) is 0.785. The monoisotopic (exact) mass is 229 g/mol. The van der Waals surface area contributed by atoms with Crippen molar-refractivity contribution in [3.63, 3.8) is 0 Å². The fourth-order valence-electron chi connectivity index (χ4n) is 2.04. The second kappa shape index (κ2) is 4.04. The lowest BCUT2D eigenvalue weighted by Gasteiger charge is -2.29. The highest BCUT2D eigenvalue weighted by molar-refractivity contribution is 5.88. The minimum Gasteiger partial charge on any atom is -0.508 e. The molecule has 1 atom stereocenters. The zero-order valence-corrected chi connectivity index (χ0v) is 10.6. The Morgan fingerprint density at radius 1 is 1.06 bits per heavy atom. The van der Waals surface area contributed by atoms with Crippen molar-refractivity contribution in [1.29, 1.82) is 0 Å². The van der Waals surface area contributed by atoms with Gasteiger partial charge in [-0.2, -0.15) is 0 Å². The number of fused-ring (bicyclic) bond motifs is 1. The zero-order valence-electron chi connectivity index (χ0n) is 10.6. The van der Waals surface area contributed by atoms with Gasteiger partial charge in [-0.15, -0.1) is 0 Å². The van der Waals surface area contributed by atoms with Crippen molar-refractivity contribution in [2.75, 3.05) is 0 Å². The lowest BCUT2D eigenvalue weighted by molar-refractivity contribution is 0.319. The SMILES string of the molecule is CC(C)(C)C(N)c1c(O)ccc2ccccc12. The Kier molecular flexibility index (Phi) is 2.84. The van der Waals surface area contributed by atoms with Gasteiger partial charge in [-0.3, -0.25) is 0 Å². The van der Waals surface area contributed by atoms with Crippen molar-refractivity contribution in [2.24, 2.45) is 11.1 Å². The summed E-state index contributed by atoms with van der Waals surface area (Å²) in [5, 5.41) is 12.2. The van der Waals surface area contributed by atoms with Crippen LogP contribution >= 0.6 is 0 Å². The second-order valence-electron chi connectivity index (χ2n) is 5.56. The van der Waals surface area contributed by atoms with Crippen LogP contribution in [0.25, 0.3) is 10.8 Å². The molecule has 0 aromatic heterocycles. The van der Waals surface area contributed by atoms with Gasteiger partial charge in [-0.25, -0.2) is 0 Å². The van der Waals surface area contributed by atoms with Crippen LogP contribution in [0, 0.1) is 5.41 Å². The van der Waals surface area contributed by atoms with Crippen molar-refractivity contribution < 1.29 is 5.11 Å². The van der Waals surface area contributed by atoms with Crippen LogP contribution in [-0.2, 0) is 0 Å². The van der Waals surface area contributed by atoms with Crippen molar-refractivity contribution >= 4 is 10.8 Å². The maximum Gasteiger partial charge on any atom is 0.121 e. The molecule has 0 amide bonds. The Morgan fingerprint density at radius 2 is 1.71 bits per heavy atom. The molecule has 0 aliphatic carbocycles. The van der Waals surface area contributed by atoms with Crippen molar-refractivity contribution in [3.8, 4) is 5.75 Å². The minimum atomic E-state index is -0.186. The molecular formula is C15H19NO. The minimum absolute atomic E-state index is 0.0817. The number of phenols is 1. The third-order valence-electron chi connectivity index (χ3n) is 3.19. The Hall–Kier alpha value is -1.54. The molecule has 0 bridgehead atoms. The topological polar surface area (TPSA) is 46.2 Å². The fourth-order valence-corrected chi connectivity index (χ4v) is 2.04. The lowest BCUT2D eigenvalue weighted by Crippen LogP contribution is -2.26. The van der Waals surface area contributed by atoms with Crippen LogP contribution < -0.4 is 5.73 Å². The molecular weight excluding hydrogens is 210 g/mol.